The van der Waals surface area contributed by atoms with E-state index in [1.54, 1.807) is 25.0 Å². The first-order valence-electron chi connectivity index (χ1n) is 10.2. The average molecular weight is 422 g/mol. The maximum absolute atomic E-state index is 13.3. The average Bonchev–Trinajstić information content (AvgIpc) is 3.28. The SMILES string of the molecule is COc1cc(OC)cc(N2CCN(C(=O)c3cc(CN)nn3-c3ccccc3)CC2)c1. The summed E-state index contributed by atoms with van der Waals surface area (Å²) in [5.41, 5.74) is 8.87. The van der Waals surface area contributed by atoms with Crippen molar-refractivity contribution < 1.29 is 14.3 Å². The van der Waals surface area contributed by atoms with Gasteiger partial charge < -0.3 is 25.0 Å². The van der Waals surface area contributed by atoms with Crippen molar-refractivity contribution in [1.82, 2.24) is 14.7 Å². The number of amides is 1. The number of aromatic nitrogens is 2. The second-order valence-corrected chi connectivity index (χ2v) is 7.32. The van der Waals surface area contributed by atoms with Crippen LogP contribution in [-0.4, -0.2) is 61.0 Å². The smallest absolute Gasteiger partial charge is 0.272 e. The number of anilines is 1. The summed E-state index contributed by atoms with van der Waals surface area (Å²) in [5, 5.41) is 4.52. The molecule has 0 bridgehead atoms. The van der Waals surface area contributed by atoms with Crippen LogP contribution in [0.5, 0.6) is 11.5 Å². The Labute approximate surface area is 181 Å². The summed E-state index contributed by atoms with van der Waals surface area (Å²) in [4.78, 5) is 17.4. The molecule has 2 N–H and O–H groups in total. The van der Waals surface area contributed by atoms with Crippen LogP contribution in [0.1, 0.15) is 16.2 Å². The Kier molecular flexibility index (Phi) is 6.08. The van der Waals surface area contributed by atoms with Crippen molar-refractivity contribution in [2.24, 2.45) is 5.73 Å². The zero-order valence-corrected chi connectivity index (χ0v) is 17.8. The fourth-order valence-electron chi connectivity index (χ4n) is 3.75. The van der Waals surface area contributed by atoms with Crippen LogP contribution in [0.3, 0.4) is 0 Å². The number of hydrogen-bond donors (Lipinski definition) is 1. The van der Waals surface area contributed by atoms with Crippen molar-refractivity contribution >= 4 is 11.6 Å². The largest absolute Gasteiger partial charge is 0.497 e. The van der Waals surface area contributed by atoms with Crippen LogP contribution in [0.2, 0.25) is 0 Å². The fourth-order valence-corrected chi connectivity index (χ4v) is 3.75. The maximum atomic E-state index is 13.3. The molecule has 1 aliphatic heterocycles. The number of para-hydroxylation sites is 1. The number of nitrogens with two attached hydrogens (primary N) is 1. The van der Waals surface area contributed by atoms with Gasteiger partial charge in [0.05, 0.1) is 25.6 Å². The van der Waals surface area contributed by atoms with Gasteiger partial charge in [0.15, 0.2) is 0 Å². The molecular weight excluding hydrogens is 394 g/mol. The van der Waals surface area contributed by atoms with Gasteiger partial charge in [-0.2, -0.15) is 5.10 Å². The fraction of sp³-hybridized carbons (Fsp3) is 0.304. The zero-order valence-electron chi connectivity index (χ0n) is 17.8. The maximum Gasteiger partial charge on any atom is 0.272 e. The summed E-state index contributed by atoms with van der Waals surface area (Å²) in [6, 6.07) is 17.2. The summed E-state index contributed by atoms with van der Waals surface area (Å²) in [7, 11) is 3.28. The molecule has 2 heterocycles. The van der Waals surface area contributed by atoms with Crippen molar-refractivity contribution in [3.63, 3.8) is 0 Å². The van der Waals surface area contributed by atoms with E-state index in [0.717, 1.165) is 22.9 Å². The molecule has 1 aromatic heterocycles. The van der Waals surface area contributed by atoms with Gasteiger partial charge in [0, 0.05) is 56.6 Å². The van der Waals surface area contributed by atoms with E-state index < -0.39 is 0 Å². The van der Waals surface area contributed by atoms with Gasteiger partial charge in [0.2, 0.25) is 0 Å². The third-order valence-corrected chi connectivity index (χ3v) is 5.46. The van der Waals surface area contributed by atoms with Gasteiger partial charge in [0.1, 0.15) is 17.2 Å². The van der Waals surface area contributed by atoms with Gasteiger partial charge in [-0.15, -0.1) is 0 Å². The number of benzene rings is 2. The summed E-state index contributed by atoms with van der Waals surface area (Å²) in [6.07, 6.45) is 0. The summed E-state index contributed by atoms with van der Waals surface area (Å²) >= 11 is 0. The molecule has 0 unspecified atom stereocenters. The molecule has 0 spiro atoms. The molecule has 162 valence electrons. The van der Waals surface area contributed by atoms with Crippen LogP contribution in [0.15, 0.2) is 54.6 Å². The number of hydrogen-bond acceptors (Lipinski definition) is 6. The van der Waals surface area contributed by atoms with E-state index in [-0.39, 0.29) is 12.5 Å². The van der Waals surface area contributed by atoms with Crippen molar-refractivity contribution in [2.45, 2.75) is 6.54 Å². The first kappa shape index (κ1) is 20.7. The number of methoxy groups -OCH3 is 2. The second kappa shape index (κ2) is 9.09. The third kappa shape index (κ3) is 4.34. The lowest BCUT2D eigenvalue weighted by atomic mass is 10.2. The van der Waals surface area contributed by atoms with Gasteiger partial charge in [-0.25, -0.2) is 4.68 Å². The Balaban J connectivity index is 1.51. The second-order valence-electron chi connectivity index (χ2n) is 7.32. The van der Waals surface area contributed by atoms with Crippen LogP contribution in [0.4, 0.5) is 5.69 Å². The van der Waals surface area contributed by atoms with Crippen molar-refractivity contribution in [3.05, 3.63) is 66.0 Å². The van der Waals surface area contributed by atoms with Gasteiger partial charge in [-0.1, -0.05) is 18.2 Å². The molecule has 3 aromatic rings. The van der Waals surface area contributed by atoms with E-state index in [1.165, 1.54) is 0 Å². The van der Waals surface area contributed by atoms with Gasteiger partial charge in [0.25, 0.3) is 5.91 Å². The van der Waals surface area contributed by atoms with Crippen LogP contribution in [0, 0.1) is 0 Å². The van der Waals surface area contributed by atoms with Gasteiger partial charge in [-0.05, 0) is 18.2 Å². The highest BCUT2D eigenvalue weighted by Gasteiger charge is 2.26. The molecule has 8 nitrogen and oxygen atoms in total. The minimum Gasteiger partial charge on any atom is -0.497 e. The first-order chi connectivity index (χ1) is 15.1. The van der Waals surface area contributed by atoms with E-state index in [1.807, 2.05) is 53.4 Å². The monoisotopic (exact) mass is 421 g/mol. The highest BCUT2D eigenvalue weighted by Crippen LogP contribution is 2.29. The lowest BCUT2D eigenvalue weighted by Gasteiger charge is -2.36. The Hall–Kier alpha value is -3.52. The first-order valence-corrected chi connectivity index (χ1v) is 10.2. The molecule has 1 amide bonds. The molecule has 1 fully saturated rings. The minimum absolute atomic E-state index is 0.0427. The van der Waals surface area contributed by atoms with E-state index in [9.17, 15) is 4.79 Å². The number of carbonyl (C=O) groups is 1. The predicted octanol–water partition coefficient (Wildman–Crippen LogP) is 2.31. The van der Waals surface area contributed by atoms with E-state index in [4.69, 9.17) is 15.2 Å². The Morgan fingerprint density at radius 3 is 2.16 bits per heavy atom. The van der Waals surface area contributed by atoms with Gasteiger partial charge in [-0.3, -0.25) is 4.79 Å². The van der Waals surface area contributed by atoms with Gasteiger partial charge >= 0.3 is 0 Å². The quantitative estimate of drug-likeness (QED) is 0.657. The van der Waals surface area contributed by atoms with Crippen molar-refractivity contribution in [1.29, 1.82) is 0 Å². The number of piperazine rings is 1. The lowest BCUT2D eigenvalue weighted by Crippen LogP contribution is -2.49. The molecule has 0 aliphatic carbocycles. The predicted molar refractivity (Wildman–Crippen MR) is 119 cm³/mol. The number of nitrogens with zero attached hydrogens (tertiary/aromatic N) is 4. The molecule has 4 rings (SSSR count). The zero-order chi connectivity index (χ0) is 21.8. The molecule has 1 saturated heterocycles. The Morgan fingerprint density at radius 2 is 1.58 bits per heavy atom. The standard InChI is InChI=1S/C23H27N5O3/c1-30-20-13-19(14-21(15-20)31-2)26-8-10-27(11-9-26)23(29)22-12-17(16-24)25-28(22)18-6-4-3-5-7-18/h3-7,12-15H,8-11,16,24H2,1-2H3. The molecule has 8 heteroatoms. The molecule has 2 aromatic carbocycles. The normalized spacial score (nSPS) is 13.9. The van der Waals surface area contributed by atoms with Crippen molar-refractivity contribution in [3.8, 4) is 17.2 Å². The lowest BCUT2D eigenvalue weighted by molar-refractivity contribution is 0.0737. The Morgan fingerprint density at radius 1 is 0.935 bits per heavy atom. The van der Waals surface area contributed by atoms with E-state index in [2.05, 4.69) is 10.00 Å². The van der Waals surface area contributed by atoms with Crippen LogP contribution >= 0.6 is 0 Å². The molecule has 1 aliphatic rings. The van der Waals surface area contributed by atoms with E-state index >= 15 is 0 Å². The van der Waals surface area contributed by atoms with Crippen LogP contribution < -0.4 is 20.1 Å². The highest BCUT2D eigenvalue weighted by atomic mass is 16.5. The summed E-state index contributed by atoms with van der Waals surface area (Å²) in [6.45, 7) is 2.93. The van der Waals surface area contributed by atoms with Crippen LogP contribution in [0.25, 0.3) is 5.69 Å². The van der Waals surface area contributed by atoms with Crippen LogP contribution in [-0.2, 0) is 6.54 Å². The molecule has 0 saturated carbocycles. The summed E-state index contributed by atoms with van der Waals surface area (Å²) in [5.74, 6) is 1.45. The molecule has 0 atom stereocenters. The topological polar surface area (TPSA) is 85.8 Å². The minimum atomic E-state index is -0.0427. The number of rotatable bonds is 6. The van der Waals surface area contributed by atoms with E-state index in [0.29, 0.717) is 37.6 Å². The molecular formula is C23H27N5O3. The number of carbonyl (C=O) groups excluding carboxylic acids is 1. The molecule has 31 heavy (non-hydrogen) atoms. The number of ether oxygens (including phenoxy) is 2. The van der Waals surface area contributed by atoms with Crippen molar-refractivity contribution in [2.75, 3.05) is 45.3 Å². The third-order valence-electron chi connectivity index (χ3n) is 5.46. The summed E-state index contributed by atoms with van der Waals surface area (Å²) < 4.78 is 12.4. The molecule has 0 radical (unpaired) electrons. The Bertz CT molecular complexity index is 1020. The highest BCUT2D eigenvalue weighted by molar-refractivity contribution is 5.93.